The van der Waals surface area contributed by atoms with Gasteiger partial charge in [0, 0.05) is 25.6 Å². The van der Waals surface area contributed by atoms with Crippen LogP contribution in [0, 0.1) is 5.92 Å². The smallest absolute Gasteiger partial charge is 0.322 e. The number of amides is 5. The van der Waals surface area contributed by atoms with Gasteiger partial charge in [0.2, 0.25) is 5.91 Å². The van der Waals surface area contributed by atoms with Crippen molar-refractivity contribution in [1.29, 1.82) is 0 Å². The normalized spacial score (nSPS) is 19.2. The van der Waals surface area contributed by atoms with Crippen LogP contribution in [0.2, 0.25) is 0 Å². The van der Waals surface area contributed by atoms with E-state index in [0.717, 1.165) is 16.3 Å². The van der Waals surface area contributed by atoms with E-state index in [1.807, 2.05) is 24.3 Å². The summed E-state index contributed by atoms with van der Waals surface area (Å²) in [6.45, 7) is 4.76. The van der Waals surface area contributed by atoms with Crippen LogP contribution in [0.15, 0.2) is 66.7 Å². The van der Waals surface area contributed by atoms with Crippen molar-refractivity contribution in [2.75, 3.05) is 13.1 Å². The van der Waals surface area contributed by atoms with Gasteiger partial charge in [-0.05, 0) is 66.3 Å². The highest BCUT2D eigenvalue weighted by atomic mass is 16.5. The standard InChI is InChI=1S/C30H32N4O5/c1-19(35)34-16-14-23(15-17-34)30(2,26-28(37)32-29(38)31-26)33-27(36)21-10-12-24(13-11-21)39-18-22-8-5-7-20-6-3-4-9-25(20)22/h3-13,23,26H,14-18H2,1-2H3,(H,33,36)(H2,31,32,37,38). The molecule has 2 fully saturated rings. The number of fused-ring (bicyclic) bond motifs is 1. The van der Waals surface area contributed by atoms with Gasteiger partial charge in [-0.25, -0.2) is 4.79 Å². The summed E-state index contributed by atoms with van der Waals surface area (Å²) in [6, 6.07) is 19.6. The Morgan fingerprint density at radius 3 is 2.36 bits per heavy atom. The number of nitrogens with zero attached hydrogens (tertiary/aromatic N) is 1. The SMILES string of the molecule is CC(=O)N1CCC(C(C)(NC(=O)c2ccc(OCc3cccc4ccccc34)cc2)C2NC(=O)NC2=O)CC1. The Morgan fingerprint density at radius 1 is 1.00 bits per heavy atom. The molecule has 3 aromatic rings. The molecule has 5 rings (SSSR count). The topological polar surface area (TPSA) is 117 Å². The quantitative estimate of drug-likeness (QED) is 0.407. The molecule has 0 spiro atoms. The number of carbonyl (C=O) groups is 4. The summed E-state index contributed by atoms with van der Waals surface area (Å²) in [4.78, 5) is 51.6. The Morgan fingerprint density at radius 2 is 1.69 bits per heavy atom. The number of nitrogens with one attached hydrogen (secondary N) is 3. The molecule has 0 aliphatic carbocycles. The summed E-state index contributed by atoms with van der Waals surface area (Å²) in [6.07, 6.45) is 1.19. The summed E-state index contributed by atoms with van der Waals surface area (Å²) in [5.41, 5.74) is 0.419. The van der Waals surface area contributed by atoms with Crippen molar-refractivity contribution in [2.24, 2.45) is 5.92 Å². The number of hydrogen-bond acceptors (Lipinski definition) is 5. The highest BCUT2D eigenvalue weighted by Crippen LogP contribution is 2.33. The Kier molecular flexibility index (Phi) is 7.24. The molecule has 2 aliphatic rings. The Balaban J connectivity index is 1.29. The number of ether oxygens (including phenoxy) is 1. The second-order valence-corrected chi connectivity index (χ2v) is 10.4. The van der Waals surface area contributed by atoms with E-state index in [9.17, 15) is 19.2 Å². The molecule has 2 unspecified atom stereocenters. The molecule has 3 aromatic carbocycles. The molecule has 2 aliphatic heterocycles. The van der Waals surface area contributed by atoms with Crippen molar-refractivity contribution in [3.63, 3.8) is 0 Å². The van der Waals surface area contributed by atoms with Crippen LogP contribution in [0.25, 0.3) is 10.8 Å². The van der Waals surface area contributed by atoms with Crippen molar-refractivity contribution in [2.45, 2.75) is 44.9 Å². The van der Waals surface area contributed by atoms with Crippen LogP contribution in [0.4, 0.5) is 4.79 Å². The van der Waals surface area contributed by atoms with Gasteiger partial charge in [-0.3, -0.25) is 19.7 Å². The van der Waals surface area contributed by atoms with Crippen molar-refractivity contribution in [1.82, 2.24) is 20.9 Å². The van der Waals surface area contributed by atoms with Crippen LogP contribution in [0.3, 0.4) is 0 Å². The van der Waals surface area contributed by atoms with Gasteiger partial charge in [0.25, 0.3) is 11.8 Å². The van der Waals surface area contributed by atoms with Crippen molar-refractivity contribution >= 4 is 34.5 Å². The van der Waals surface area contributed by atoms with E-state index < -0.39 is 23.5 Å². The van der Waals surface area contributed by atoms with Crippen LogP contribution >= 0.6 is 0 Å². The number of carbonyl (C=O) groups excluding carboxylic acids is 4. The number of rotatable bonds is 7. The van der Waals surface area contributed by atoms with E-state index in [-0.39, 0.29) is 17.7 Å². The van der Waals surface area contributed by atoms with Crippen molar-refractivity contribution in [3.05, 3.63) is 77.9 Å². The largest absolute Gasteiger partial charge is 0.489 e. The summed E-state index contributed by atoms with van der Waals surface area (Å²) < 4.78 is 6.00. The monoisotopic (exact) mass is 528 g/mol. The lowest BCUT2D eigenvalue weighted by molar-refractivity contribution is -0.131. The number of urea groups is 1. The Labute approximate surface area is 226 Å². The first-order valence-electron chi connectivity index (χ1n) is 13.1. The van der Waals surface area contributed by atoms with Gasteiger partial charge in [-0.15, -0.1) is 0 Å². The summed E-state index contributed by atoms with van der Waals surface area (Å²) in [5.74, 6) is -0.348. The van der Waals surface area contributed by atoms with E-state index in [2.05, 4.69) is 34.1 Å². The molecule has 202 valence electrons. The van der Waals surface area contributed by atoms with Gasteiger partial charge in [0.05, 0.1) is 5.54 Å². The molecule has 0 aromatic heterocycles. The molecule has 5 amide bonds. The molecule has 0 bridgehead atoms. The van der Waals surface area contributed by atoms with Crippen LogP contribution in [0.5, 0.6) is 5.75 Å². The predicted octanol–water partition coefficient (Wildman–Crippen LogP) is 3.37. The number of imide groups is 1. The molecular formula is C30H32N4O5. The van der Waals surface area contributed by atoms with Gasteiger partial charge >= 0.3 is 6.03 Å². The molecular weight excluding hydrogens is 496 g/mol. The second-order valence-electron chi connectivity index (χ2n) is 10.4. The molecule has 0 radical (unpaired) electrons. The molecule has 2 saturated heterocycles. The fourth-order valence-electron chi connectivity index (χ4n) is 5.64. The molecule has 9 nitrogen and oxygen atoms in total. The third-order valence-corrected chi connectivity index (χ3v) is 7.94. The van der Waals surface area contributed by atoms with Crippen LogP contribution in [0.1, 0.15) is 42.6 Å². The zero-order valence-corrected chi connectivity index (χ0v) is 22.0. The van der Waals surface area contributed by atoms with Crippen LogP contribution in [-0.4, -0.2) is 53.3 Å². The molecule has 3 N–H and O–H groups in total. The summed E-state index contributed by atoms with van der Waals surface area (Å²) in [7, 11) is 0. The van der Waals surface area contributed by atoms with E-state index in [0.29, 0.717) is 43.9 Å². The number of likely N-dealkylation sites (tertiary alicyclic amines) is 1. The zero-order chi connectivity index (χ0) is 27.6. The molecule has 39 heavy (non-hydrogen) atoms. The minimum Gasteiger partial charge on any atom is -0.489 e. The maximum atomic E-state index is 13.4. The fourth-order valence-corrected chi connectivity index (χ4v) is 5.64. The number of hydrogen-bond donors (Lipinski definition) is 3. The van der Waals surface area contributed by atoms with Crippen molar-refractivity contribution in [3.8, 4) is 5.75 Å². The summed E-state index contributed by atoms with van der Waals surface area (Å²) >= 11 is 0. The summed E-state index contributed by atoms with van der Waals surface area (Å²) in [5, 5.41) is 10.3. The Bertz CT molecular complexity index is 1410. The van der Waals surface area contributed by atoms with Crippen LogP contribution in [-0.2, 0) is 16.2 Å². The lowest BCUT2D eigenvalue weighted by Gasteiger charge is -2.45. The third-order valence-electron chi connectivity index (χ3n) is 7.94. The molecule has 2 atom stereocenters. The highest BCUT2D eigenvalue weighted by Gasteiger charge is 2.50. The second kappa shape index (κ2) is 10.8. The third kappa shape index (κ3) is 5.43. The zero-order valence-electron chi connectivity index (χ0n) is 22.0. The number of piperidine rings is 1. The van der Waals surface area contributed by atoms with Gasteiger partial charge in [-0.1, -0.05) is 42.5 Å². The van der Waals surface area contributed by atoms with Gasteiger partial charge < -0.3 is 20.3 Å². The first-order chi connectivity index (χ1) is 18.7. The van der Waals surface area contributed by atoms with E-state index in [1.54, 1.807) is 36.1 Å². The first kappa shape index (κ1) is 26.2. The average molecular weight is 529 g/mol. The molecule has 9 heteroatoms. The minimum absolute atomic E-state index is 0.00568. The predicted molar refractivity (Wildman–Crippen MR) is 146 cm³/mol. The maximum absolute atomic E-state index is 13.4. The highest BCUT2D eigenvalue weighted by molar-refractivity contribution is 6.05. The van der Waals surface area contributed by atoms with E-state index in [4.69, 9.17) is 4.74 Å². The fraction of sp³-hybridized carbons (Fsp3) is 0.333. The number of benzene rings is 3. The maximum Gasteiger partial charge on any atom is 0.322 e. The van der Waals surface area contributed by atoms with Gasteiger partial charge in [-0.2, -0.15) is 0 Å². The minimum atomic E-state index is -1.06. The molecule has 0 saturated carbocycles. The average Bonchev–Trinajstić information content (AvgIpc) is 3.30. The Hall–Kier alpha value is -4.40. The van der Waals surface area contributed by atoms with Crippen LogP contribution < -0.4 is 20.7 Å². The van der Waals surface area contributed by atoms with Crippen molar-refractivity contribution < 1.29 is 23.9 Å². The van der Waals surface area contributed by atoms with Gasteiger partial charge in [0.15, 0.2) is 0 Å². The van der Waals surface area contributed by atoms with E-state index >= 15 is 0 Å². The lowest BCUT2D eigenvalue weighted by Crippen LogP contribution is -2.65. The van der Waals surface area contributed by atoms with Gasteiger partial charge in [0.1, 0.15) is 18.4 Å². The first-order valence-corrected chi connectivity index (χ1v) is 13.1. The lowest BCUT2D eigenvalue weighted by atomic mass is 9.74. The molecule has 2 heterocycles. The van der Waals surface area contributed by atoms with E-state index in [1.165, 1.54) is 6.92 Å².